The first kappa shape index (κ1) is 26.9. The Labute approximate surface area is 245 Å². The van der Waals surface area contributed by atoms with E-state index in [-0.39, 0.29) is 18.2 Å². The number of thioether (sulfide) groups is 1. The van der Waals surface area contributed by atoms with Gasteiger partial charge in [-0.15, -0.1) is 16.1 Å². The minimum atomic E-state index is -0.498. The van der Waals surface area contributed by atoms with Crippen LogP contribution in [0.5, 0.6) is 11.8 Å². The lowest BCUT2D eigenvalue weighted by Gasteiger charge is -2.13. The molecule has 1 aliphatic heterocycles. The summed E-state index contributed by atoms with van der Waals surface area (Å²) in [5, 5.41) is 21.3. The highest BCUT2D eigenvalue weighted by atomic mass is 32.2. The predicted molar refractivity (Wildman–Crippen MR) is 162 cm³/mol. The monoisotopic (exact) mass is 585 g/mol. The summed E-state index contributed by atoms with van der Waals surface area (Å²) in [6.45, 7) is 0.847. The van der Waals surface area contributed by atoms with E-state index in [1.54, 1.807) is 23.1 Å². The van der Waals surface area contributed by atoms with Gasteiger partial charge in [0.15, 0.2) is 12.4 Å². The van der Waals surface area contributed by atoms with E-state index in [0.717, 1.165) is 45.8 Å². The van der Waals surface area contributed by atoms with E-state index in [9.17, 15) is 15.0 Å². The second-order valence-electron chi connectivity index (χ2n) is 9.80. The Morgan fingerprint density at radius 2 is 1.78 bits per heavy atom. The number of hydrogen-bond donors (Lipinski definition) is 2. The van der Waals surface area contributed by atoms with Gasteiger partial charge in [-0.2, -0.15) is 0 Å². The molecule has 0 unspecified atom stereocenters. The van der Waals surface area contributed by atoms with Crippen molar-refractivity contribution in [1.29, 1.82) is 0 Å². The third-order valence-electron chi connectivity index (χ3n) is 6.90. The molecule has 208 valence electrons. The van der Waals surface area contributed by atoms with Gasteiger partial charge in [-0.25, -0.2) is 14.3 Å². The van der Waals surface area contributed by atoms with Crippen LogP contribution in [0.2, 0.25) is 0 Å². The van der Waals surface area contributed by atoms with Gasteiger partial charge >= 0.3 is 5.97 Å². The van der Waals surface area contributed by atoms with Crippen LogP contribution < -0.4 is 14.3 Å². The molecule has 2 N–H and O–H groups in total. The summed E-state index contributed by atoms with van der Waals surface area (Å²) in [6, 6.07) is 21.6. The Kier molecular flexibility index (Phi) is 7.67. The minimum Gasteiger partial charge on any atom is -0.492 e. The Morgan fingerprint density at radius 3 is 2.56 bits per heavy atom. The number of pyridine rings is 1. The zero-order chi connectivity index (χ0) is 28.3. The fraction of sp³-hybridized carbons (Fsp3) is 0.194. The van der Waals surface area contributed by atoms with Crippen LogP contribution in [-0.4, -0.2) is 32.9 Å². The lowest BCUT2D eigenvalue weighted by atomic mass is 10.2. The first-order chi connectivity index (χ1) is 19.9. The molecule has 3 aromatic heterocycles. The first-order valence-corrected chi connectivity index (χ1v) is 15.0. The van der Waals surface area contributed by atoms with Gasteiger partial charge in [-0.1, -0.05) is 23.9 Å². The minimum absolute atomic E-state index is 0.212. The van der Waals surface area contributed by atoms with Gasteiger partial charge < -0.3 is 20.0 Å². The predicted octanol–water partition coefficient (Wildman–Crippen LogP) is 6.22. The average molecular weight is 586 g/mol. The third kappa shape index (κ3) is 5.94. The summed E-state index contributed by atoms with van der Waals surface area (Å²) in [5.74, 6) is -1.13. The first-order valence-electron chi connectivity index (χ1n) is 13.4. The Hall–Kier alpha value is -4.28. The Bertz CT molecular complexity index is 1690. The molecule has 1 aliphatic rings. The van der Waals surface area contributed by atoms with E-state index in [1.165, 1.54) is 32.4 Å². The molecule has 0 atom stereocenters. The molecule has 5 aromatic rings. The molecular weight excluding hydrogens is 556 g/mol. The van der Waals surface area contributed by atoms with E-state index in [1.807, 2.05) is 6.07 Å². The molecule has 0 radical (unpaired) electrons. The van der Waals surface area contributed by atoms with Crippen LogP contribution in [0, 0.1) is 0 Å². The van der Waals surface area contributed by atoms with Crippen LogP contribution in [0.1, 0.15) is 31.2 Å². The van der Waals surface area contributed by atoms with Gasteiger partial charge in [0.25, 0.3) is 0 Å². The summed E-state index contributed by atoms with van der Waals surface area (Å²) in [5.41, 5.74) is 4.51. The molecule has 10 heteroatoms. The number of aryl methyl sites for hydroxylation is 1. The number of hydrogen-bond acceptors (Lipinski definition) is 8. The number of rotatable bonds is 9. The van der Waals surface area contributed by atoms with Crippen molar-refractivity contribution in [2.24, 2.45) is 0 Å². The second kappa shape index (κ2) is 11.7. The van der Waals surface area contributed by atoms with Crippen molar-refractivity contribution in [2.45, 2.75) is 37.1 Å². The number of thiazole rings is 1. The van der Waals surface area contributed by atoms with E-state index < -0.39 is 5.97 Å². The molecule has 0 saturated carbocycles. The average Bonchev–Trinajstić information content (AvgIpc) is 3.65. The number of fused-ring (bicyclic) bond motifs is 2. The van der Waals surface area contributed by atoms with Gasteiger partial charge in [0, 0.05) is 54.6 Å². The van der Waals surface area contributed by atoms with Crippen LogP contribution in [0.4, 0.5) is 5.69 Å². The van der Waals surface area contributed by atoms with Crippen LogP contribution in [0.15, 0.2) is 89.0 Å². The molecular formula is C31H29N4O4S2+. The number of nitrogens with zero attached hydrogens (tertiary/aromatic N) is 4. The standard InChI is InChI=1S/C31H28N4O4S2/c1-33-24-11-10-22(31-32-23-7-4-5-8-25(23)41-31)20-26(24)40-29(33)19-21-14-17-34(18-15-21)16-6-2-3-9-30(38)39-35-27(36)12-13-28(35)37/h4-5,7-8,10-15,17-20H,2-3,6,9,16H2,1H3,(H-,36,37)/p+1. The quantitative estimate of drug-likeness (QED) is 0.157. The van der Waals surface area contributed by atoms with Gasteiger partial charge in [-0.05, 0) is 54.8 Å². The van der Waals surface area contributed by atoms with Crippen LogP contribution in [-0.2, 0) is 11.3 Å². The number of anilines is 1. The van der Waals surface area contributed by atoms with Crippen molar-refractivity contribution in [1.82, 2.24) is 9.71 Å². The Balaban J connectivity index is 1.01. The molecule has 2 aromatic carbocycles. The van der Waals surface area contributed by atoms with Crippen LogP contribution >= 0.6 is 23.1 Å². The molecule has 41 heavy (non-hydrogen) atoms. The zero-order valence-electron chi connectivity index (χ0n) is 22.4. The number of para-hydroxylation sites is 1. The van der Waals surface area contributed by atoms with Crippen molar-refractivity contribution >= 4 is 51.0 Å². The van der Waals surface area contributed by atoms with Gasteiger partial charge in [0.05, 0.1) is 20.9 Å². The highest BCUT2D eigenvalue weighted by Crippen LogP contribution is 2.47. The number of carbonyl (C=O) groups is 1. The van der Waals surface area contributed by atoms with Gasteiger partial charge in [0.2, 0.25) is 11.8 Å². The van der Waals surface area contributed by atoms with E-state index >= 15 is 0 Å². The maximum Gasteiger partial charge on any atom is 0.333 e. The smallest absolute Gasteiger partial charge is 0.333 e. The zero-order valence-corrected chi connectivity index (χ0v) is 24.1. The second-order valence-corrected chi connectivity index (χ2v) is 11.9. The van der Waals surface area contributed by atoms with Gasteiger partial charge in [-0.3, -0.25) is 0 Å². The number of aromatic hydroxyl groups is 2. The largest absolute Gasteiger partial charge is 0.492 e. The fourth-order valence-electron chi connectivity index (χ4n) is 4.67. The van der Waals surface area contributed by atoms with Crippen LogP contribution in [0.3, 0.4) is 0 Å². The van der Waals surface area contributed by atoms with Crippen molar-refractivity contribution in [2.75, 3.05) is 11.9 Å². The van der Waals surface area contributed by atoms with Crippen LogP contribution in [0.25, 0.3) is 26.9 Å². The van der Waals surface area contributed by atoms with Crippen molar-refractivity contribution in [3.63, 3.8) is 0 Å². The topological polar surface area (TPSA) is 91.7 Å². The third-order valence-corrected chi connectivity index (χ3v) is 9.14. The summed E-state index contributed by atoms with van der Waals surface area (Å²) >= 11 is 3.50. The van der Waals surface area contributed by atoms with Gasteiger partial charge in [0.1, 0.15) is 11.6 Å². The summed E-state index contributed by atoms with van der Waals surface area (Å²) in [6.07, 6.45) is 9.02. The summed E-state index contributed by atoms with van der Waals surface area (Å²) < 4.78 is 4.06. The molecule has 0 aliphatic carbocycles. The lowest BCUT2D eigenvalue weighted by Crippen LogP contribution is -2.32. The van der Waals surface area contributed by atoms with E-state index in [2.05, 4.69) is 83.5 Å². The molecule has 8 nitrogen and oxygen atoms in total. The van der Waals surface area contributed by atoms with Crippen molar-refractivity contribution in [3.05, 3.63) is 89.7 Å². The lowest BCUT2D eigenvalue weighted by molar-refractivity contribution is -0.697. The van der Waals surface area contributed by atoms with Crippen molar-refractivity contribution < 1.29 is 24.4 Å². The molecule has 0 spiro atoms. The molecule has 0 fully saturated rings. The Morgan fingerprint density at radius 1 is 1.00 bits per heavy atom. The van der Waals surface area contributed by atoms with E-state index in [0.29, 0.717) is 6.42 Å². The fourth-order valence-corrected chi connectivity index (χ4v) is 6.78. The number of aromatic nitrogens is 3. The summed E-state index contributed by atoms with van der Waals surface area (Å²) in [4.78, 5) is 25.2. The SMILES string of the molecule is CN1C(=Cc2cc[n+](CCCCCC(=O)On3c(O)ccc3O)cc2)Sc2cc(-c3nc4ccccc4s3)ccc21. The van der Waals surface area contributed by atoms with E-state index in [4.69, 9.17) is 9.82 Å². The molecule has 0 saturated heterocycles. The molecule has 6 rings (SSSR count). The highest BCUT2D eigenvalue weighted by Gasteiger charge is 2.23. The summed E-state index contributed by atoms with van der Waals surface area (Å²) in [7, 11) is 2.10. The number of carbonyl (C=O) groups excluding carboxylic acids is 1. The molecule has 0 bridgehead atoms. The highest BCUT2D eigenvalue weighted by molar-refractivity contribution is 8.03. The normalized spacial score (nSPS) is 13.7. The van der Waals surface area contributed by atoms with Crippen molar-refractivity contribution in [3.8, 4) is 22.3 Å². The molecule has 0 amide bonds. The maximum atomic E-state index is 12.0. The molecule has 4 heterocycles. The number of unbranched alkanes of at least 4 members (excludes halogenated alkanes) is 2. The maximum absolute atomic E-state index is 12.0. The number of benzene rings is 2.